The zero-order valence-electron chi connectivity index (χ0n) is 17.4. The molecule has 0 aromatic heterocycles. The first kappa shape index (κ1) is 26.8. The lowest BCUT2D eigenvalue weighted by atomic mass is 9.98. The minimum absolute atomic E-state index is 0. The van der Waals surface area contributed by atoms with Crippen LogP contribution >= 0.6 is 24.8 Å². The van der Waals surface area contributed by atoms with E-state index in [0.29, 0.717) is 17.1 Å². The molecule has 0 spiro atoms. The van der Waals surface area contributed by atoms with Crippen molar-refractivity contribution in [2.45, 2.75) is 33.9 Å². The summed E-state index contributed by atoms with van der Waals surface area (Å²) >= 11 is 0. The number of methoxy groups -OCH3 is 1. The predicted octanol–water partition coefficient (Wildman–Crippen LogP) is 3.69. The standard InChI is InChI=1S/C20H28N4O3.2ClH/c1-6-24(7-2)13(4)27-18-11-16(19(25)23-20(21)22)12(3)15-9-8-14(26-5)10-17(15)18;;/h8-11,13H,6-7H2,1-5H3,(H4,21,22,23,25);2*1H. The van der Waals surface area contributed by atoms with Gasteiger partial charge in [0.05, 0.1) is 7.11 Å². The molecule has 7 nitrogen and oxygen atoms in total. The Balaban J connectivity index is 0.00000392. The van der Waals surface area contributed by atoms with Gasteiger partial charge in [-0.1, -0.05) is 19.9 Å². The van der Waals surface area contributed by atoms with Crippen LogP contribution in [0.1, 0.15) is 36.7 Å². The highest BCUT2D eigenvalue weighted by molar-refractivity contribution is 6.09. The Hall–Kier alpha value is -2.22. The lowest BCUT2D eigenvalue weighted by Gasteiger charge is -2.28. The van der Waals surface area contributed by atoms with Gasteiger partial charge in [0.2, 0.25) is 0 Å². The van der Waals surface area contributed by atoms with E-state index in [4.69, 9.17) is 20.6 Å². The molecule has 162 valence electrons. The molecule has 2 aromatic carbocycles. The van der Waals surface area contributed by atoms with Crippen LogP contribution < -0.4 is 20.5 Å². The molecule has 0 saturated heterocycles. The van der Waals surface area contributed by atoms with Crippen LogP contribution in [0.2, 0.25) is 0 Å². The van der Waals surface area contributed by atoms with E-state index >= 15 is 0 Å². The summed E-state index contributed by atoms with van der Waals surface area (Å²) in [5.41, 5.74) is 6.53. The largest absolute Gasteiger partial charge is 0.497 e. The summed E-state index contributed by atoms with van der Waals surface area (Å²) in [5, 5.41) is 11.4. The van der Waals surface area contributed by atoms with Crippen LogP contribution in [-0.2, 0) is 0 Å². The van der Waals surface area contributed by atoms with Gasteiger partial charge >= 0.3 is 0 Å². The zero-order chi connectivity index (χ0) is 20.1. The number of hydrogen-bond acceptors (Lipinski definition) is 5. The Labute approximate surface area is 184 Å². The first-order valence-electron chi connectivity index (χ1n) is 8.99. The van der Waals surface area contributed by atoms with Crippen molar-refractivity contribution in [3.05, 3.63) is 35.4 Å². The Morgan fingerprint density at radius 2 is 1.83 bits per heavy atom. The molecule has 0 fully saturated rings. The number of nitrogens with zero attached hydrogens (tertiary/aromatic N) is 1. The maximum atomic E-state index is 12.5. The van der Waals surface area contributed by atoms with Gasteiger partial charge in [0.1, 0.15) is 17.7 Å². The number of carbonyl (C=O) groups is 1. The van der Waals surface area contributed by atoms with Crippen molar-refractivity contribution in [3.8, 4) is 11.5 Å². The van der Waals surface area contributed by atoms with E-state index in [9.17, 15) is 4.79 Å². The van der Waals surface area contributed by atoms with E-state index in [0.717, 1.165) is 29.4 Å². The number of aryl methyl sites for hydroxylation is 1. The fourth-order valence-electron chi connectivity index (χ4n) is 3.16. The summed E-state index contributed by atoms with van der Waals surface area (Å²) in [7, 11) is 1.61. The molecule has 0 heterocycles. The van der Waals surface area contributed by atoms with Gasteiger partial charge in [0.25, 0.3) is 5.91 Å². The summed E-state index contributed by atoms with van der Waals surface area (Å²) in [5.74, 6) is 0.469. The van der Waals surface area contributed by atoms with Crippen LogP contribution in [0.15, 0.2) is 24.3 Å². The molecule has 2 aromatic rings. The zero-order valence-corrected chi connectivity index (χ0v) is 19.0. The van der Waals surface area contributed by atoms with Crippen LogP contribution in [0.25, 0.3) is 10.8 Å². The van der Waals surface area contributed by atoms with Crippen molar-refractivity contribution in [3.63, 3.8) is 0 Å². The summed E-state index contributed by atoms with van der Waals surface area (Å²) in [6.07, 6.45) is -0.166. The number of halogens is 2. The van der Waals surface area contributed by atoms with Gasteiger partial charge in [0.15, 0.2) is 5.96 Å². The maximum absolute atomic E-state index is 12.5. The van der Waals surface area contributed by atoms with Gasteiger partial charge in [0, 0.05) is 10.9 Å². The number of amides is 1. The summed E-state index contributed by atoms with van der Waals surface area (Å²) in [4.78, 5) is 14.7. The molecule has 0 aliphatic heterocycles. The van der Waals surface area contributed by atoms with E-state index in [1.807, 2.05) is 32.0 Å². The summed E-state index contributed by atoms with van der Waals surface area (Å²) < 4.78 is 11.6. The van der Waals surface area contributed by atoms with Gasteiger partial charge in [-0.3, -0.25) is 20.4 Å². The normalized spacial score (nSPS) is 11.2. The Morgan fingerprint density at radius 3 is 2.34 bits per heavy atom. The molecule has 0 saturated carbocycles. The third kappa shape index (κ3) is 6.13. The molecule has 0 radical (unpaired) electrons. The molecule has 0 bridgehead atoms. The van der Waals surface area contributed by atoms with E-state index in [1.165, 1.54) is 0 Å². The molecule has 1 unspecified atom stereocenters. The highest BCUT2D eigenvalue weighted by atomic mass is 35.5. The fraction of sp³-hybridized carbons (Fsp3) is 0.400. The van der Waals surface area contributed by atoms with Crippen molar-refractivity contribution < 1.29 is 14.3 Å². The highest BCUT2D eigenvalue weighted by Crippen LogP contribution is 2.34. The number of carbonyl (C=O) groups excluding carboxylic acids is 1. The lowest BCUT2D eigenvalue weighted by Crippen LogP contribution is -2.37. The van der Waals surface area contributed by atoms with Gasteiger partial charge < -0.3 is 15.2 Å². The molecule has 9 heteroatoms. The predicted molar refractivity (Wildman–Crippen MR) is 122 cm³/mol. The molecular formula is C20H30Cl2N4O3. The van der Waals surface area contributed by atoms with Crippen molar-refractivity contribution in [2.24, 2.45) is 5.73 Å². The van der Waals surface area contributed by atoms with Crippen molar-refractivity contribution in [1.29, 1.82) is 5.41 Å². The van der Waals surface area contributed by atoms with E-state index in [1.54, 1.807) is 13.2 Å². The van der Waals surface area contributed by atoms with Crippen LogP contribution in [0, 0.1) is 12.3 Å². The minimum atomic E-state index is -0.432. The average molecular weight is 445 g/mol. The number of nitrogens with one attached hydrogen (secondary N) is 2. The molecule has 1 amide bonds. The number of ether oxygens (including phenoxy) is 2. The third-order valence-electron chi connectivity index (χ3n) is 4.69. The van der Waals surface area contributed by atoms with Crippen molar-refractivity contribution in [1.82, 2.24) is 10.2 Å². The quantitative estimate of drug-likeness (QED) is 0.343. The van der Waals surface area contributed by atoms with E-state index < -0.39 is 11.9 Å². The van der Waals surface area contributed by atoms with E-state index in [-0.39, 0.29) is 31.0 Å². The Morgan fingerprint density at radius 1 is 1.21 bits per heavy atom. The van der Waals surface area contributed by atoms with Crippen molar-refractivity contribution >= 4 is 47.5 Å². The second kappa shape index (κ2) is 11.7. The van der Waals surface area contributed by atoms with Gasteiger partial charge in [-0.25, -0.2) is 0 Å². The number of hydrogen-bond donors (Lipinski definition) is 3. The molecule has 2 rings (SSSR count). The van der Waals surface area contributed by atoms with Gasteiger partial charge in [-0.2, -0.15) is 0 Å². The SMILES string of the molecule is CCN(CC)C(C)Oc1cc(C(=O)NC(=N)N)c(C)c2ccc(OC)cc12.Cl.Cl. The smallest absolute Gasteiger partial charge is 0.258 e. The van der Waals surface area contributed by atoms with Crippen LogP contribution in [0.5, 0.6) is 11.5 Å². The minimum Gasteiger partial charge on any atom is -0.497 e. The molecule has 4 N–H and O–H groups in total. The summed E-state index contributed by atoms with van der Waals surface area (Å²) in [6.45, 7) is 9.69. The topological polar surface area (TPSA) is 101 Å². The Kier molecular flexibility index (Phi) is 10.8. The first-order valence-corrected chi connectivity index (χ1v) is 8.99. The number of guanidine groups is 1. The van der Waals surface area contributed by atoms with Crippen molar-refractivity contribution in [2.75, 3.05) is 20.2 Å². The Bertz CT molecular complexity index is 857. The molecule has 1 atom stereocenters. The van der Waals surface area contributed by atoms with Gasteiger partial charge in [-0.15, -0.1) is 24.8 Å². The first-order chi connectivity index (χ1) is 12.8. The third-order valence-corrected chi connectivity index (χ3v) is 4.69. The van der Waals surface area contributed by atoms with E-state index in [2.05, 4.69) is 24.1 Å². The summed E-state index contributed by atoms with van der Waals surface area (Å²) in [6, 6.07) is 7.36. The van der Waals surface area contributed by atoms with Crippen LogP contribution in [0.3, 0.4) is 0 Å². The van der Waals surface area contributed by atoms with Crippen LogP contribution in [0.4, 0.5) is 0 Å². The number of nitrogens with two attached hydrogens (primary N) is 1. The fourth-order valence-corrected chi connectivity index (χ4v) is 3.16. The van der Waals surface area contributed by atoms with Gasteiger partial charge in [-0.05, 0) is 56.1 Å². The molecule has 29 heavy (non-hydrogen) atoms. The second-order valence-electron chi connectivity index (χ2n) is 6.26. The molecule has 0 aliphatic rings. The molecule has 0 aliphatic carbocycles. The highest BCUT2D eigenvalue weighted by Gasteiger charge is 2.19. The second-order valence-corrected chi connectivity index (χ2v) is 6.26. The number of rotatable bonds is 7. The monoisotopic (exact) mass is 444 g/mol. The number of fused-ring (bicyclic) bond motifs is 1. The lowest BCUT2D eigenvalue weighted by molar-refractivity contribution is 0.0492. The average Bonchev–Trinajstić information content (AvgIpc) is 2.63. The maximum Gasteiger partial charge on any atom is 0.258 e. The van der Waals surface area contributed by atoms with Crippen LogP contribution in [-0.4, -0.2) is 43.2 Å². The molecular weight excluding hydrogens is 415 g/mol. The number of benzene rings is 2.